The molecule has 0 fully saturated rings. The van der Waals surface area contributed by atoms with Crippen LogP contribution in [0.2, 0.25) is 0 Å². The van der Waals surface area contributed by atoms with Gasteiger partial charge in [0.1, 0.15) is 12.4 Å². The molecule has 0 saturated heterocycles. The number of fused-ring (bicyclic) bond motifs is 1. The van der Waals surface area contributed by atoms with E-state index in [4.69, 9.17) is 9.84 Å². The quantitative estimate of drug-likeness (QED) is 0.581. The van der Waals surface area contributed by atoms with Crippen LogP contribution in [0.5, 0.6) is 5.75 Å². The molecule has 9 heteroatoms. The number of rotatable bonds is 7. The lowest BCUT2D eigenvalue weighted by Gasteiger charge is -2.28. The number of aliphatic carboxylic acids is 1. The lowest BCUT2D eigenvalue weighted by molar-refractivity contribution is -0.757. The van der Waals surface area contributed by atoms with Gasteiger partial charge in [-0.3, -0.25) is 9.59 Å². The number of carboxylic acid groups (broad SMARTS) is 1. The van der Waals surface area contributed by atoms with Crippen LogP contribution in [0.15, 0.2) is 18.2 Å². The molecule has 0 unspecified atom stereocenters. The number of benzene rings is 1. The van der Waals surface area contributed by atoms with E-state index in [1.165, 1.54) is 4.90 Å². The van der Waals surface area contributed by atoms with Crippen LogP contribution in [-0.2, 0) is 16.1 Å². The number of nitrogens with zero attached hydrogens (tertiary/aromatic N) is 2. The molecule has 0 aromatic heterocycles. The minimum absolute atomic E-state index is 0.0125. The van der Waals surface area contributed by atoms with E-state index in [1.54, 1.807) is 18.2 Å². The summed E-state index contributed by atoms with van der Waals surface area (Å²) >= 11 is 0. The van der Waals surface area contributed by atoms with Crippen molar-refractivity contribution in [1.29, 1.82) is 0 Å². The second kappa shape index (κ2) is 6.74. The maximum absolute atomic E-state index is 12.3. The number of carboxylic acids is 1. The Morgan fingerprint density at radius 2 is 2.27 bits per heavy atom. The summed E-state index contributed by atoms with van der Waals surface area (Å²) in [6, 6.07) is 4.91. The molecule has 1 heterocycles. The predicted molar refractivity (Wildman–Crippen MR) is 71.9 cm³/mol. The molecule has 9 nitrogen and oxygen atoms in total. The van der Waals surface area contributed by atoms with Crippen molar-refractivity contribution in [3.8, 4) is 5.75 Å². The molecule has 1 N–H and O–H groups in total. The van der Waals surface area contributed by atoms with E-state index >= 15 is 0 Å². The van der Waals surface area contributed by atoms with Gasteiger partial charge in [0, 0.05) is 13.0 Å². The summed E-state index contributed by atoms with van der Waals surface area (Å²) in [6.07, 6.45) is 0.272. The first-order chi connectivity index (χ1) is 10.5. The van der Waals surface area contributed by atoms with Crippen LogP contribution in [-0.4, -0.2) is 46.9 Å². The highest BCUT2D eigenvalue weighted by Crippen LogP contribution is 2.26. The average Bonchev–Trinajstić information content (AvgIpc) is 2.47. The number of carbonyl (C=O) groups is 2. The highest BCUT2D eigenvalue weighted by Gasteiger charge is 2.25. The van der Waals surface area contributed by atoms with Gasteiger partial charge in [-0.25, -0.2) is 0 Å². The fraction of sp³-hybridized carbons (Fsp3) is 0.385. The molecule has 0 saturated carbocycles. The zero-order valence-electron chi connectivity index (χ0n) is 11.6. The van der Waals surface area contributed by atoms with Crippen molar-refractivity contribution in [1.82, 2.24) is 4.90 Å². The van der Waals surface area contributed by atoms with E-state index in [9.17, 15) is 19.7 Å². The smallest absolute Gasteiger partial charge is 0.303 e. The standard InChI is InChI=1S/C13H14N2O7/c16-12(17)4-2-9-1-3-11-10(7-9)13(18)14(8-21-11)5-6-22-15(19)20/h1,3,7H,2,4-6,8H2,(H,16,17). The van der Waals surface area contributed by atoms with Crippen molar-refractivity contribution in [3.05, 3.63) is 39.4 Å². The summed E-state index contributed by atoms with van der Waals surface area (Å²) in [5.41, 5.74) is 1.02. The molecule has 118 valence electrons. The van der Waals surface area contributed by atoms with E-state index in [1.807, 2.05) is 0 Å². The van der Waals surface area contributed by atoms with Gasteiger partial charge in [0.05, 0.1) is 5.56 Å². The minimum Gasteiger partial charge on any atom is -0.481 e. The molecule has 1 aliphatic heterocycles. The Morgan fingerprint density at radius 3 is 2.95 bits per heavy atom. The van der Waals surface area contributed by atoms with Crippen LogP contribution in [0, 0.1) is 10.1 Å². The fourth-order valence-electron chi connectivity index (χ4n) is 2.04. The maximum Gasteiger partial charge on any atom is 0.303 e. The van der Waals surface area contributed by atoms with Crippen LogP contribution < -0.4 is 4.74 Å². The SMILES string of the molecule is O=C(O)CCc1ccc2c(c1)C(=O)N(CCO[N+](=O)[O-])CO2. The van der Waals surface area contributed by atoms with Gasteiger partial charge in [0.25, 0.3) is 11.0 Å². The molecular weight excluding hydrogens is 296 g/mol. The summed E-state index contributed by atoms with van der Waals surface area (Å²) in [7, 11) is 0. The third-order valence-electron chi connectivity index (χ3n) is 3.12. The first-order valence-corrected chi connectivity index (χ1v) is 6.51. The van der Waals surface area contributed by atoms with Gasteiger partial charge >= 0.3 is 5.97 Å². The van der Waals surface area contributed by atoms with Crippen LogP contribution >= 0.6 is 0 Å². The fourth-order valence-corrected chi connectivity index (χ4v) is 2.04. The van der Waals surface area contributed by atoms with Gasteiger partial charge < -0.3 is 19.6 Å². The lowest BCUT2D eigenvalue weighted by atomic mass is 10.0. The van der Waals surface area contributed by atoms with Gasteiger partial charge in [-0.05, 0) is 24.1 Å². The molecule has 1 aromatic rings. The summed E-state index contributed by atoms with van der Waals surface area (Å²) < 4.78 is 5.41. The Bertz CT molecular complexity index is 602. The predicted octanol–water partition coefficient (Wildman–Crippen LogP) is 0.704. The first kappa shape index (κ1) is 15.5. The van der Waals surface area contributed by atoms with Crippen LogP contribution in [0.4, 0.5) is 0 Å². The summed E-state index contributed by atoms with van der Waals surface area (Å²) in [6.45, 7) is -0.226. The highest BCUT2D eigenvalue weighted by molar-refractivity contribution is 5.97. The van der Waals surface area contributed by atoms with Gasteiger partial charge in [0.2, 0.25) is 0 Å². The molecular formula is C13H14N2O7. The Hall–Kier alpha value is -2.84. The number of aryl methyl sites for hydroxylation is 1. The van der Waals surface area contributed by atoms with Crippen molar-refractivity contribution < 1.29 is 29.4 Å². The highest BCUT2D eigenvalue weighted by atomic mass is 16.9. The molecule has 0 radical (unpaired) electrons. The van der Waals surface area contributed by atoms with E-state index in [-0.39, 0.29) is 32.2 Å². The van der Waals surface area contributed by atoms with Gasteiger partial charge in [-0.1, -0.05) is 6.07 Å². The van der Waals surface area contributed by atoms with Crippen molar-refractivity contribution in [2.24, 2.45) is 0 Å². The maximum atomic E-state index is 12.3. The largest absolute Gasteiger partial charge is 0.481 e. The number of amides is 1. The summed E-state index contributed by atoms with van der Waals surface area (Å²) in [4.78, 5) is 38.4. The third kappa shape index (κ3) is 3.84. The molecule has 0 bridgehead atoms. The number of carbonyl (C=O) groups excluding carboxylic acids is 1. The number of hydrogen-bond acceptors (Lipinski definition) is 6. The molecule has 0 aliphatic carbocycles. The first-order valence-electron chi connectivity index (χ1n) is 6.51. The van der Waals surface area contributed by atoms with E-state index < -0.39 is 11.1 Å². The zero-order valence-corrected chi connectivity index (χ0v) is 11.6. The molecule has 1 aromatic carbocycles. The molecule has 1 amide bonds. The monoisotopic (exact) mass is 310 g/mol. The second-order valence-electron chi connectivity index (χ2n) is 4.62. The average molecular weight is 310 g/mol. The van der Waals surface area contributed by atoms with Gasteiger partial charge in [-0.2, -0.15) is 0 Å². The zero-order chi connectivity index (χ0) is 16.1. The Kier molecular flexibility index (Phi) is 4.77. The summed E-state index contributed by atoms with van der Waals surface area (Å²) in [5.74, 6) is -0.834. The van der Waals surface area contributed by atoms with E-state index in [0.29, 0.717) is 23.3 Å². The van der Waals surface area contributed by atoms with Gasteiger partial charge in [0.15, 0.2) is 6.73 Å². The Morgan fingerprint density at radius 1 is 1.50 bits per heavy atom. The number of hydrogen-bond donors (Lipinski definition) is 1. The molecule has 1 aliphatic rings. The van der Waals surface area contributed by atoms with Crippen LogP contribution in [0.1, 0.15) is 22.3 Å². The molecule has 0 spiro atoms. The molecule has 2 rings (SSSR count). The van der Waals surface area contributed by atoms with Crippen molar-refractivity contribution in [2.75, 3.05) is 19.9 Å². The summed E-state index contributed by atoms with van der Waals surface area (Å²) in [5, 5.41) is 17.9. The van der Waals surface area contributed by atoms with Crippen molar-refractivity contribution >= 4 is 11.9 Å². The Balaban J connectivity index is 2.05. The van der Waals surface area contributed by atoms with E-state index in [0.717, 1.165) is 0 Å². The van der Waals surface area contributed by atoms with Crippen LogP contribution in [0.25, 0.3) is 0 Å². The van der Waals surface area contributed by atoms with Crippen molar-refractivity contribution in [3.63, 3.8) is 0 Å². The molecule has 0 atom stereocenters. The normalized spacial score (nSPS) is 13.3. The minimum atomic E-state index is -0.923. The second-order valence-corrected chi connectivity index (χ2v) is 4.62. The van der Waals surface area contributed by atoms with Crippen molar-refractivity contribution in [2.45, 2.75) is 12.8 Å². The lowest BCUT2D eigenvalue weighted by Crippen LogP contribution is -2.40. The molecule has 22 heavy (non-hydrogen) atoms. The topological polar surface area (TPSA) is 119 Å². The Labute approximate surface area is 125 Å². The van der Waals surface area contributed by atoms with Crippen LogP contribution in [0.3, 0.4) is 0 Å². The third-order valence-corrected chi connectivity index (χ3v) is 3.12. The number of ether oxygens (including phenoxy) is 1. The van der Waals surface area contributed by atoms with E-state index in [2.05, 4.69) is 4.84 Å². The van der Waals surface area contributed by atoms with Gasteiger partial charge in [-0.15, -0.1) is 10.1 Å².